The van der Waals surface area contributed by atoms with E-state index in [2.05, 4.69) is 32.9 Å². The largest absolute Gasteiger partial charge is 0.119 e. The second-order valence-corrected chi connectivity index (χ2v) is 6.45. The zero-order valence-corrected chi connectivity index (χ0v) is 11.8. The van der Waals surface area contributed by atoms with Crippen LogP contribution in [0.15, 0.2) is 23.8 Å². The summed E-state index contributed by atoms with van der Waals surface area (Å²) in [7, 11) is 0. The van der Waals surface area contributed by atoms with Crippen molar-refractivity contribution in [2.24, 2.45) is 11.3 Å². The molecule has 0 N–H and O–H groups in total. The predicted octanol–water partition coefficient (Wildman–Crippen LogP) is 5.33. The molecule has 2 unspecified atom stereocenters. The molecule has 0 amide bonds. The van der Waals surface area contributed by atoms with Crippen molar-refractivity contribution in [2.75, 3.05) is 0 Å². The molecular formula is C15H25Cl. The van der Waals surface area contributed by atoms with Gasteiger partial charge >= 0.3 is 0 Å². The van der Waals surface area contributed by atoms with Crippen LogP contribution in [-0.4, -0.2) is 5.38 Å². The minimum atomic E-state index is 0.128. The van der Waals surface area contributed by atoms with Crippen molar-refractivity contribution in [3.05, 3.63) is 23.8 Å². The molecule has 0 aromatic rings. The molecule has 0 aliphatic heterocycles. The van der Waals surface area contributed by atoms with Gasteiger partial charge < -0.3 is 0 Å². The van der Waals surface area contributed by atoms with Gasteiger partial charge in [0.05, 0.1) is 0 Å². The molecule has 0 nitrogen and oxygen atoms in total. The van der Waals surface area contributed by atoms with Crippen molar-refractivity contribution in [3.63, 3.8) is 0 Å². The summed E-state index contributed by atoms with van der Waals surface area (Å²) in [6.07, 6.45) is 11.9. The summed E-state index contributed by atoms with van der Waals surface area (Å²) in [6, 6.07) is 0. The van der Waals surface area contributed by atoms with Crippen LogP contribution in [-0.2, 0) is 0 Å². The van der Waals surface area contributed by atoms with Gasteiger partial charge in [-0.15, -0.1) is 11.6 Å². The van der Waals surface area contributed by atoms with Gasteiger partial charge in [-0.05, 0) is 38.0 Å². The third-order valence-electron chi connectivity index (χ3n) is 3.79. The van der Waals surface area contributed by atoms with Gasteiger partial charge in [0.15, 0.2) is 0 Å². The zero-order valence-electron chi connectivity index (χ0n) is 11.1. The molecule has 0 bridgehead atoms. The quantitative estimate of drug-likeness (QED) is 0.462. The lowest BCUT2D eigenvalue weighted by Gasteiger charge is -2.39. The van der Waals surface area contributed by atoms with Crippen molar-refractivity contribution >= 4 is 11.6 Å². The predicted molar refractivity (Wildman–Crippen MR) is 74.0 cm³/mol. The van der Waals surface area contributed by atoms with Gasteiger partial charge in [0.2, 0.25) is 0 Å². The molecule has 1 saturated carbocycles. The first-order chi connectivity index (χ1) is 7.43. The second kappa shape index (κ2) is 5.91. The number of alkyl halides is 1. The Hall–Kier alpha value is -0.230. The van der Waals surface area contributed by atoms with Gasteiger partial charge in [0, 0.05) is 5.38 Å². The van der Waals surface area contributed by atoms with E-state index in [-0.39, 0.29) is 5.38 Å². The molecule has 0 radical (unpaired) electrons. The number of hydrogen-bond acceptors (Lipinski definition) is 0. The Morgan fingerprint density at radius 2 is 2.06 bits per heavy atom. The van der Waals surface area contributed by atoms with E-state index in [1.54, 1.807) is 0 Å². The van der Waals surface area contributed by atoms with E-state index >= 15 is 0 Å². The van der Waals surface area contributed by atoms with Gasteiger partial charge in [-0.1, -0.05) is 50.5 Å². The molecular weight excluding hydrogens is 216 g/mol. The van der Waals surface area contributed by atoms with Gasteiger partial charge in [-0.2, -0.15) is 0 Å². The second-order valence-electron chi connectivity index (χ2n) is 5.76. The van der Waals surface area contributed by atoms with Crippen LogP contribution >= 0.6 is 11.6 Å². The molecule has 0 aromatic heterocycles. The first kappa shape index (κ1) is 13.8. The Labute approximate surface area is 106 Å². The average Bonchev–Trinajstić information content (AvgIpc) is 2.16. The fraction of sp³-hybridized carbons (Fsp3) is 0.733. The normalized spacial score (nSPS) is 28.3. The fourth-order valence-corrected chi connectivity index (χ4v) is 2.90. The Balaban J connectivity index is 2.67. The van der Waals surface area contributed by atoms with Crippen molar-refractivity contribution < 1.29 is 0 Å². The van der Waals surface area contributed by atoms with Crippen LogP contribution in [0.25, 0.3) is 0 Å². The van der Waals surface area contributed by atoms with Crippen LogP contribution in [0.4, 0.5) is 0 Å². The SMILES string of the molecule is C/C(=C\C=C/C(C)Cl)C1CCCCC1(C)C. The summed E-state index contributed by atoms with van der Waals surface area (Å²) in [6.45, 7) is 9.07. The molecule has 0 spiro atoms. The Morgan fingerprint density at radius 3 is 2.62 bits per heavy atom. The molecule has 1 fully saturated rings. The summed E-state index contributed by atoms with van der Waals surface area (Å²) < 4.78 is 0. The highest BCUT2D eigenvalue weighted by Gasteiger charge is 2.32. The molecule has 0 aromatic carbocycles. The van der Waals surface area contributed by atoms with E-state index in [1.807, 2.05) is 13.0 Å². The van der Waals surface area contributed by atoms with E-state index in [0.29, 0.717) is 5.41 Å². The lowest BCUT2D eigenvalue weighted by Crippen LogP contribution is -2.28. The number of allylic oxidation sites excluding steroid dienone is 4. The third kappa shape index (κ3) is 3.97. The molecule has 1 aliphatic rings. The molecule has 16 heavy (non-hydrogen) atoms. The molecule has 92 valence electrons. The number of hydrogen-bond donors (Lipinski definition) is 0. The summed E-state index contributed by atoms with van der Waals surface area (Å²) >= 11 is 5.89. The van der Waals surface area contributed by atoms with Crippen LogP contribution in [0.2, 0.25) is 0 Å². The maximum absolute atomic E-state index is 5.89. The Morgan fingerprint density at radius 1 is 1.38 bits per heavy atom. The van der Waals surface area contributed by atoms with E-state index < -0.39 is 0 Å². The fourth-order valence-electron chi connectivity index (χ4n) is 2.81. The van der Waals surface area contributed by atoms with Gasteiger partial charge in [-0.25, -0.2) is 0 Å². The van der Waals surface area contributed by atoms with Crippen LogP contribution in [0.3, 0.4) is 0 Å². The summed E-state index contributed by atoms with van der Waals surface area (Å²) in [5, 5.41) is 0.128. The van der Waals surface area contributed by atoms with Crippen molar-refractivity contribution in [1.29, 1.82) is 0 Å². The van der Waals surface area contributed by atoms with Crippen LogP contribution in [0, 0.1) is 11.3 Å². The lowest BCUT2D eigenvalue weighted by atomic mass is 9.66. The van der Waals surface area contributed by atoms with E-state index in [1.165, 1.54) is 31.3 Å². The van der Waals surface area contributed by atoms with Gasteiger partial charge in [0.1, 0.15) is 0 Å². The Kier molecular flexibility index (Phi) is 5.11. The van der Waals surface area contributed by atoms with Crippen LogP contribution < -0.4 is 0 Å². The standard InChI is InChI=1S/C15H25Cl/c1-12(8-7-9-13(2)16)14-10-5-6-11-15(14,3)4/h7-9,13-14H,5-6,10-11H2,1-4H3/b9-7-,12-8+. The molecule has 2 atom stereocenters. The molecule has 0 saturated heterocycles. The zero-order chi connectivity index (χ0) is 12.2. The summed E-state index contributed by atoms with van der Waals surface area (Å²) in [4.78, 5) is 0. The van der Waals surface area contributed by atoms with E-state index in [9.17, 15) is 0 Å². The minimum absolute atomic E-state index is 0.128. The maximum Gasteiger partial charge on any atom is 0.0490 e. The van der Waals surface area contributed by atoms with Crippen LogP contribution in [0.5, 0.6) is 0 Å². The Bertz CT molecular complexity index is 271. The van der Waals surface area contributed by atoms with Crippen molar-refractivity contribution in [3.8, 4) is 0 Å². The topological polar surface area (TPSA) is 0 Å². The number of rotatable bonds is 3. The van der Waals surface area contributed by atoms with E-state index in [0.717, 1.165) is 5.92 Å². The maximum atomic E-state index is 5.89. The number of halogens is 1. The third-order valence-corrected chi connectivity index (χ3v) is 3.94. The molecule has 1 heteroatoms. The summed E-state index contributed by atoms with van der Waals surface area (Å²) in [5.41, 5.74) is 1.98. The first-order valence-corrected chi connectivity index (χ1v) is 6.86. The van der Waals surface area contributed by atoms with Crippen molar-refractivity contribution in [2.45, 2.75) is 58.8 Å². The molecule has 1 rings (SSSR count). The highest BCUT2D eigenvalue weighted by atomic mass is 35.5. The van der Waals surface area contributed by atoms with Gasteiger partial charge in [-0.3, -0.25) is 0 Å². The van der Waals surface area contributed by atoms with E-state index in [4.69, 9.17) is 11.6 Å². The highest BCUT2D eigenvalue weighted by Crippen LogP contribution is 2.44. The van der Waals surface area contributed by atoms with Gasteiger partial charge in [0.25, 0.3) is 0 Å². The summed E-state index contributed by atoms with van der Waals surface area (Å²) in [5.74, 6) is 0.747. The lowest BCUT2D eigenvalue weighted by molar-refractivity contribution is 0.168. The van der Waals surface area contributed by atoms with Crippen molar-refractivity contribution in [1.82, 2.24) is 0 Å². The average molecular weight is 241 g/mol. The van der Waals surface area contributed by atoms with Crippen LogP contribution in [0.1, 0.15) is 53.4 Å². The molecule has 0 heterocycles. The minimum Gasteiger partial charge on any atom is -0.119 e. The monoisotopic (exact) mass is 240 g/mol. The first-order valence-electron chi connectivity index (χ1n) is 6.42. The molecule has 1 aliphatic carbocycles. The smallest absolute Gasteiger partial charge is 0.0490 e. The highest BCUT2D eigenvalue weighted by molar-refractivity contribution is 6.21.